The molecule has 0 spiro atoms. The number of benzene rings is 4. The van der Waals surface area contributed by atoms with Crippen molar-refractivity contribution >= 4 is 21.9 Å². The fraction of sp³-hybridized carbons (Fsp3) is 0.0625. The van der Waals surface area contributed by atoms with E-state index in [0.29, 0.717) is 22.4 Å². The molecule has 2 heterocycles. The number of phenols is 5. The zero-order valence-electron chi connectivity index (χ0n) is 22.1. The van der Waals surface area contributed by atoms with Crippen molar-refractivity contribution in [3.05, 3.63) is 92.7 Å². The van der Waals surface area contributed by atoms with Gasteiger partial charge < -0.3 is 39.1 Å². The number of phenolic OH excluding ortho intramolecular Hbond substituents is 5. The molecule has 2 aromatic heterocycles. The Morgan fingerprint density at radius 1 is 0.667 bits per heavy atom. The Morgan fingerprint density at radius 3 is 2.00 bits per heavy atom. The lowest BCUT2D eigenvalue weighted by atomic mass is 9.97. The van der Waals surface area contributed by atoms with Gasteiger partial charge in [0.1, 0.15) is 62.4 Å². The SMILES string of the molecule is COc1cc2oc(-c3ccc(O)c(-c4c(O)cc(O)c5c(=O)cc(-c6ccc(O)cc6)oc45)c3)cc(=O)c2c(O)c1C. The van der Waals surface area contributed by atoms with Gasteiger partial charge in [-0.15, -0.1) is 0 Å². The molecular formula is C32H22O10. The summed E-state index contributed by atoms with van der Waals surface area (Å²) in [4.78, 5) is 26.1. The van der Waals surface area contributed by atoms with Crippen molar-refractivity contribution in [1.29, 1.82) is 0 Å². The maximum Gasteiger partial charge on any atom is 0.197 e. The van der Waals surface area contributed by atoms with Crippen LogP contribution in [0.3, 0.4) is 0 Å². The van der Waals surface area contributed by atoms with Crippen molar-refractivity contribution in [2.24, 2.45) is 0 Å². The van der Waals surface area contributed by atoms with Gasteiger partial charge in [-0.05, 0) is 49.4 Å². The van der Waals surface area contributed by atoms with E-state index in [9.17, 15) is 35.1 Å². The molecule has 210 valence electrons. The summed E-state index contributed by atoms with van der Waals surface area (Å²) in [5.41, 5.74) is -0.255. The molecule has 0 fully saturated rings. The highest BCUT2D eigenvalue weighted by Gasteiger charge is 2.23. The van der Waals surface area contributed by atoms with Crippen molar-refractivity contribution in [2.75, 3.05) is 7.11 Å². The molecule has 0 aliphatic carbocycles. The summed E-state index contributed by atoms with van der Waals surface area (Å²) < 4.78 is 17.3. The molecule has 0 radical (unpaired) electrons. The Labute approximate surface area is 236 Å². The molecule has 6 rings (SSSR count). The second-order valence-corrected chi connectivity index (χ2v) is 9.65. The highest BCUT2D eigenvalue weighted by Crippen LogP contribution is 2.45. The molecule has 0 unspecified atom stereocenters. The lowest BCUT2D eigenvalue weighted by Gasteiger charge is -2.14. The zero-order valence-corrected chi connectivity index (χ0v) is 22.1. The minimum Gasteiger partial charge on any atom is -0.508 e. The number of aromatic hydroxyl groups is 5. The van der Waals surface area contributed by atoms with Gasteiger partial charge in [-0.1, -0.05) is 0 Å². The van der Waals surface area contributed by atoms with E-state index in [0.717, 1.165) is 6.07 Å². The van der Waals surface area contributed by atoms with Crippen molar-refractivity contribution in [3.63, 3.8) is 0 Å². The fourth-order valence-corrected chi connectivity index (χ4v) is 4.95. The number of hydrogen-bond acceptors (Lipinski definition) is 10. The largest absolute Gasteiger partial charge is 0.508 e. The average Bonchev–Trinajstić information content (AvgIpc) is 2.95. The van der Waals surface area contributed by atoms with Gasteiger partial charge in [-0.25, -0.2) is 0 Å². The highest BCUT2D eigenvalue weighted by molar-refractivity contribution is 6.01. The van der Waals surface area contributed by atoms with Gasteiger partial charge in [0.25, 0.3) is 0 Å². The van der Waals surface area contributed by atoms with Crippen molar-refractivity contribution in [2.45, 2.75) is 6.92 Å². The van der Waals surface area contributed by atoms with Crippen LogP contribution in [0.1, 0.15) is 5.56 Å². The highest BCUT2D eigenvalue weighted by atomic mass is 16.5. The molecule has 0 bridgehead atoms. The first-order chi connectivity index (χ1) is 20.1. The van der Waals surface area contributed by atoms with E-state index >= 15 is 0 Å². The molecule has 4 aromatic carbocycles. The predicted octanol–water partition coefficient (Wildman–Crippen LogP) is 5.75. The van der Waals surface area contributed by atoms with E-state index < -0.39 is 22.4 Å². The lowest BCUT2D eigenvalue weighted by Crippen LogP contribution is -2.03. The quantitative estimate of drug-likeness (QED) is 0.177. The Morgan fingerprint density at radius 2 is 1.31 bits per heavy atom. The first kappa shape index (κ1) is 26.3. The topological polar surface area (TPSA) is 171 Å². The van der Waals surface area contributed by atoms with Crippen LogP contribution >= 0.6 is 0 Å². The van der Waals surface area contributed by atoms with Gasteiger partial charge in [0.2, 0.25) is 0 Å². The minimum atomic E-state index is -0.613. The summed E-state index contributed by atoms with van der Waals surface area (Å²) >= 11 is 0. The molecule has 10 heteroatoms. The van der Waals surface area contributed by atoms with Crippen LogP contribution in [0.15, 0.2) is 85.2 Å². The van der Waals surface area contributed by atoms with Crippen LogP contribution < -0.4 is 15.6 Å². The Bertz CT molecular complexity index is 2170. The summed E-state index contributed by atoms with van der Waals surface area (Å²) in [6.07, 6.45) is 0. The second-order valence-electron chi connectivity index (χ2n) is 9.65. The third-order valence-corrected chi connectivity index (χ3v) is 7.08. The Kier molecular flexibility index (Phi) is 6.04. The van der Waals surface area contributed by atoms with Crippen LogP contribution in [0.5, 0.6) is 34.5 Å². The molecule has 0 atom stereocenters. The number of hydrogen-bond donors (Lipinski definition) is 5. The smallest absolute Gasteiger partial charge is 0.197 e. The van der Waals surface area contributed by atoms with E-state index in [4.69, 9.17) is 13.6 Å². The first-order valence-corrected chi connectivity index (χ1v) is 12.6. The van der Waals surface area contributed by atoms with E-state index in [1.165, 1.54) is 67.8 Å². The fourth-order valence-electron chi connectivity index (χ4n) is 4.95. The molecule has 10 nitrogen and oxygen atoms in total. The normalized spacial score (nSPS) is 11.3. The van der Waals surface area contributed by atoms with Crippen LogP contribution in [0.2, 0.25) is 0 Å². The van der Waals surface area contributed by atoms with Crippen molar-refractivity contribution < 1.29 is 39.1 Å². The summed E-state index contributed by atoms with van der Waals surface area (Å²) in [5.74, 6) is -1.13. The summed E-state index contributed by atoms with van der Waals surface area (Å²) in [6, 6.07) is 14.9. The van der Waals surface area contributed by atoms with Gasteiger partial charge in [-0.3, -0.25) is 9.59 Å². The van der Waals surface area contributed by atoms with Crippen molar-refractivity contribution in [3.8, 4) is 68.3 Å². The van der Waals surface area contributed by atoms with Crippen LogP contribution in [0.25, 0.3) is 55.7 Å². The number of methoxy groups -OCH3 is 1. The summed E-state index contributed by atoms with van der Waals surface area (Å²) in [6.45, 7) is 1.60. The van der Waals surface area contributed by atoms with Gasteiger partial charge in [0, 0.05) is 46.5 Å². The maximum atomic E-state index is 13.1. The molecule has 0 amide bonds. The standard InChI is InChI=1S/C32H22O10/c1-14-24(40-2)13-27-30(31(14)39)23(38)12-26(41-27)16-5-8-19(34)18(9-16)28-20(35)10-21(36)29-22(37)11-25(42-32(28)29)15-3-6-17(33)7-4-15/h3-13,33-36,39H,1-2H3. The maximum absolute atomic E-state index is 13.1. The van der Waals surface area contributed by atoms with Gasteiger partial charge in [0.05, 0.1) is 12.7 Å². The molecule has 0 saturated heterocycles. The Balaban J connectivity index is 1.60. The minimum absolute atomic E-state index is 0.00346. The third kappa shape index (κ3) is 4.13. The third-order valence-electron chi connectivity index (χ3n) is 7.08. The lowest BCUT2D eigenvalue weighted by molar-refractivity contribution is 0.403. The van der Waals surface area contributed by atoms with E-state index in [1.54, 1.807) is 6.92 Å². The number of ether oxygens (including phenoxy) is 1. The average molecular weight is 567 g/mol. The van der Waals surface area contributed by atoms with E-state index in [1.807, 2.05) is 0 Å². The van der Waals surface area contributed by atoms with Crippen LogP contribution in [-0.4, -0.2) is 32.6 Å². The first-order valence-electron chi connectivity index (χ1n) is 12.6. The molecule has 0 saturated carbocycles. The summed E-state index contributed by atoms with van der Waals surface area (Å²) in [5, 5.41) is 52.3. The van der Waals surface area contributed by atoms with Gasteiger partial charge in [0.15, 0.2) is 16.4 Å². The molecule has 5 N–H and O–H groups in total. The van der Waals surface area contributed by atoms with Crippen LogP contribution in [0.4, 0.5) is 0 Å². The van der Waals surface area contributed by atoms with Crippen LogP contribution in [0, 0.1) is 6.92 Å². The number of fused-ring (bicyclic) bond motifs is 2. The molecule has 0 aliphatic heterocycles. The van der Waals surface area contributed by atoms with Gasteiger partial charge >= 0.3 is 0 Å². The predicted molar refractivity (Wildman–Crippen MR) is 154 cm³/mol. The van der Waals surface area contributed by atoms with E-state index in [2.05, 4.69) is 0 Å². The monoisotopic (exact) mass is 566 g/mol. The van der Waals surface area contributed by atoms with Crippen LogP contribution in [-0.2, 0) is 0 Å². The second kappa shape index (κ2) is 9.63. The molecule has 6 aromatic rings. The summed E-state index contributed by atoms with van der Waals surface area (Å²) in [7, 11) is 1.42. The Hall–Kier alpha value is -5.90. The zero-order chi connectivity index (χ0) is 29.9. The molecular weight excluding hydrogens is 544 g/mol. The number of rotatable bonds is 4. The van der Waals surface area contributed by atoms with Crippen molar-refractivity contribution in [1.82, 2.24) is 0 Å². The van der Waals surface area contributed by atoms with Gasteiger partial charge in [-0.2, -0.15) is 0 Å². The molecule has 42 heavy (non-hydrogen) atoms. The van der Waals surface area contributed by atoms with E-state index in [-0.39, 0.29) is 61.8 Å². The molecule has 0 aliphatic rings.